The number of rotatable bonds is 10. The Morgan fingerprint density at radius 3 is 2.53 bits per heavy atom. The molecule has 5 rings (SSSR count). The quantitative estimate of drug-likeness (QED) is 0.130. The number of fused-ring (bicyclic) bond motifs is 2. The average molecular weight is 665 g/mol. The van der Waals surface area contributed by atoms with E-state index in [0.29, 0.717) is 52.3 Å². The summed E-state index contributed by atoms with van der Waals surface area (Å²) in [6, 6.07) is 16.5. The normalized spacial score (nSPS) is 21.8. The van der Waals surface area contributed by atoms with Gasteiger partial charge in [0.1, 0.15) is 23.7 Å². The fourth-order valence-electron chi connectivity index (χ4n) is 6.62. The molecule has 0 bridgehead atoms. The molecule has 2 heterocycles. The first kappa shape index (κ1) is 32.1. The summed E-state index contributed by atoms with van der Waals surface area (Å²) >= 11 is 19.2. The monoisotopic (exact) mass is 663 g/mol. The summed E-state index contributed by atoms with van der Waals surface area (Å²) in [5.41, 5.74) is 2.16. The van der Waals surface area contributed by atoms with Gasteiger partial charge in [-0.2, -0.15) is 0 Å². The molecule has 3 aromatic carbocycles. The minimum atomic E-state index is -1.33. The number of hydrogen-bond donors (Lipinski definition) is 0. The molecule has 0 unspecified atom stereocenters. The molecule has 2 aliphatic rings. The van der Waals surface area contributed by atoms with E-state index in [2.05, 4.69) is 12.5 Å². The molecule has 2 aliphatic heterocycles. The van der Waals surface area contributed by atoms with Gasteiger partial charge >= 0.3 is 0 Å². The predicted octanol–water partition coefficient (Wildman–Crippen LogP) is 7.26. The van der Waals surface area contributed by atoms with Gasteiger partial charge in [0.15, 0.2) is 0 Å². The van der Waals surface area contributed by atoms with Crippen LogP contribution in [-0.4, -0.2) is 60.7 Å². The molecular weight excluding hydrogens is 630 g/mol. The third-order valence-corrected chi connectivity index (χ3v) is 10.2. The molecule has 0 N–H and O–H groups in total. The number of alkyl halides is 1. The largest absolute Gasteiger partial charge is 0.356 e. The van der Waals surface area contributed by atoms with Crippen LogP contribution in [0, 0.1) is 12.7 Å². The maximum atomic E-state index is 15.3. The van der Waals surface area contributed by atoms with Crippen LogP contribution in [0.1, 0.15) is 47.1 Å². The molecule has 0 radical (unpaired) electrons. The number of aryl methyl sites for hydroxylation is 1. The first-order valence-corrected chi connectivity index (χ1v) is 17.7. The van der Waals surface area contributed by atoms with Gasteiger partial charge in [-0.15, -0.1) is 11.6 Å². The van der Waals surface area contributed by atoms with Crippen LogP contribution >= 0.6 is 34.8 Å². The molecule has 43 heavy (non-hydrogen) atoms. The maximum absolute atomic E-state index is 15.3. The van der Waals surface area contributed by atoms with Gasteiger partial charge in [-0.05, 0) is 82.9 Å². The maximum Gasteiger partial charge on any atom is 0.242 e. The first-order chi connectivity index (χ1) is 20.6. The Bertz CT molecular complexity index is 1520. The van der Waals surface area contributed by atoms with Crippen LogP contribution in [0.5, 0.6) is 0 Å². The summed E-state index contributed by atoms with van der Waals surface area (Å²) in [4.78, 5) is 32.8. The molecule has 0 saturated carbocycles. The molecule has 0 aromatic heterocycles. The lowest BCUT2D eigenvalue weighted by molar-refractivity contribution is -0.146. The smallest absolute Gasteiger partial charge is 0.242 e. The van der Waals surface area contributed by atoms with Crippen LogP contribution in [-0.2, 0) is 30.6 Å². The minimum Gasteiger partial charge on any atom is -0.356 e. The van der Waals surface area contributed by atoms with E-state index in [1.807, 2.05) is 25.1 Å². The van der Waals surface area contributed by atoms with Crippen LogP contribution < -0.4 is 4.90 Å². The van der Waals surface area contributed by atoms with Gasteiger partial charge in [0, 0.05) is 34.8 Å². The number of carbonyl (C=O) groups is 2. The van der Waals surface area contributed by atoms with Crippen molar-refractivity contribution in [2.75, 3.05) is 48.9 Å². The lowest BCUT2D eigenvalue weighted by atomic mass is 9.58. The Balaban J connectivity index is 1.80. The number of hydrogen-bond acceptors (Lipinski definition) is 3. The van der Waals surface area contributed by atoms with Crippen molar-refractivity contribution in [3.8, 4) is 0 Å². The fourth-order valence-corrected chi connectivity index (χ4v) is 7.55. The topological polar surface area (TPSA) is 49.9 Å². The van der Waals surface area contributed by atoms with E-state index >= 15 is 4.79 Å². The van der Waals surface area contributed by atoms with Crippen molar-refractivity contribution in [3.63, 3.8) is 0 Å². The van der Waals surface area contributed by atoms with Crippen LogP contribution in [0.2, 0.25) is 10.0 Å². The molecule has 3 atom stereocenters. The lowest BCUT2D eigenvalue weighted by Crippen LogP contribution is -2.60. The van der Waals surface area contributed by atoms with E-state index in [0.717, 1.165) is 16.9 Å². The van der Waals surface area contributed by atoms with E-state index in [4.69, 9.17) is 39.5 Å². The van der Waals surface area contributed by atoms with Gasteiger partial charge in [0.2, 0.25) is 11.8 Å². The molecule has 1 saturated heterocycles. The zero-order chi connectivity index (χ0) is 30.9. The molecule has 228 valence electrons. The predicted molar refractivity (Wildman–Crippen MR) is 175 cm³/mol. The fraction of sp³-hybridized carbons (Fsp3) is 0.394. The number of carbonyl (C=O) groups excluding carboxylic acids is 2. The highest BCUT2D eigenvalue weighted by Gasteiger charge is 2.65. The van der Waals surface area contributed by atoms with Crippen molar-refractivity contribution >= 4 is 63.2 Å². The summed E-state index contributed by atoms with van der Waals surface area (Å²) in [7, 11) is 0.180. The van der Waals surface area contributed by atoms with Crippen molar-refractivity contribution in [2.45, 2.75) is 37.1 Å². The van der Waals surface area contributed by atoms with Crippen molar-refractivity contribution in [1.82, 2.24) is 4.90 Å². The van der Waals surface area contributed by atoms with E-state index in [9.17, 15) is 9.18 Å². The van der Waals surface area contributed by atoms with Crippen LogP contribution in [0.3, 0.4) is 0 Å². The Morgan fingerprint density at radius 2 is 1.81 bits per heavy atom. The van der Waals surface area contributed by atoms with E-state index in [1.165, 1.54) is 12.1 Å². The van der Waals surface area contributed by atoms with Gasteiger partial charge < -0.3 is 9.64 Å². The number of nitrogens with zero attached hydrogens (tertiary/aromatic N) is 2. The zero-order valence-corrected chi connectivity index (χ0v) is 27.5. The molecule has 10 heteroatoms. The van der Waals surface area contributed by atoms with Gasteiger partial charge in [-0.3, -0.25) is 14.5 Å². The molecule has 5 nitrogen and oxygen atoms in total. The average Bonchev–Trinajstić information content (AvgIpc) is 3.19. The molecular formula is C33H35Cl3FN2O3S+. The third-order valence-electron chi connectivity index (χ3n) is 8.46. The highest BCUT2D eigenvalue weighted by molar-refractivity contribution is 7.95. The second kappa shape index (κ2) is 13.4. The van der Waals surface area contributed by atoms with Crippen LogP contribution in [0.15, 0.2) is 60.7 Å². The molecule has 2 amide bonds. The second-order valence-corrected chi connectivity index (χ2v) is 15.0. The summed E-state index contributed by atoms with van der Waals surface area (Å²) < 4.78 is 21.0. The molecule has 3 aromatic rings. The van der Waals surface area contributed by atoms with Gasteiger partial charge in [-0.1, -0.05) is 47.5 Å². The Hall–Kier alpha value is -2.29. The Labute approximate surface area is 270 Å². The van der Waals surface area contributed by atoms with E-state index in [1.54, 1.807) is 40.1 Å². The SMILES string of the molecule is Cc1ccc(F)cc1[C@H]1CC(=O)N(CCCCl)[C@@H](c2cccc(Cl)c2)[C@]12C(=O)N(COCC[S+](C)C)c1cc(Cl)ccc12. The number of benzene rings is 3. The van der Waals surface area contributed by atoms with Crippen LogP contribution in [0.4, 0.5) is 10.1 Å². The van der Waals surface area contributed by atoms with Gasteiger partial charge in [0.05, 0.1) is 30.8 Å². The number of ether oxygens (including phenoxy) is 1. The number of piperidine rings is 1. The molecule has 1 spiro atoms. The number of anilines is 1. The number of halogens is 4. The number of amides is 2. The molecule has 1 fully saturated rings. The third kappa shape index (κ3) is 6.04. The second-order valence-electron chi connectivity index (χ2n) is 11.3. The van der Waals surface area contributed by atoms with Gasteiger partial charge in [0.25, 0.3) is 0 Å². The standard InChI is InChI=1S/C33H35Cl3FN2O3S/c1-21-8-10-25(37)18-26(21)28-19-30(40)38(13-5-12-34)31(22-6-4-7-23(35)16-22)33(28)27-11-9-24(36)17-29(27)39(32(33)41)20-42-14-15-43(2)3/h4,6-11,16-18,28,31H,5,12-15,19-20H2,1-3H3/q+1/t28-,31+,33-/m1/s1. The van der Waals surface area contributed by atoms with E-state index < -0.39 is 23.2 Å². The van der Waals surface area contributed by atoms with Crippen molar-refractivity contribution < 1.29 is 18.7 Å². The van der Waals surface area contributed by atoms with Crippen molar-refractivity contribution in [3.05, 3.63) is 98.8 Å². The first-order valence-electron chi connectivity index (χ1n) is 14.2. The Kier molecular flexibility index (Phi) is 9.99. The van der Waals surface area contributed by atoms with Crippen molar-refractivity contribution in [1.29, 1.82) is 0 Å². The van der Waals surface area contributed by atoms with E-state index in [-0.39, 0.29) is 35.9 Å². The Morgan fingerprint density at radius 1 is 1.05 bits per heavy atom. The lowest BCUT2D eigenvalue weighted by Gasteiger charge is -2.52. The molecule has 0 aliphatic carbocycles. The van der Waals surface area contributed by atoms with Gasteiger partial charge in [-0.25, -0.2) is 4.39 Å². The highest BCUT2D eigenvalue weighted by atomic mass is 35.5. The highest BCUT2D eigenvalue weighted by Crippen LogP contribution is 2.62. The number of likely N-dealkylation sites (tertiary alicyclic amines) is 1. The summed E-state index contributed by atoms with van der Waals surface area (Å²) in [5, 5.41) is 0.957. The van der Waals surface area contributed by atoms with Crippen molar-refractivity contribution in [2.24, 2.45) is 0 Å². The summed E-state index contributed by atoms with van der Waals surface area (Å²) in [5.74, 6) is -0.247. The minimum absolute atomic E-state index is 0.0145. The van der Waals surface area contributed by atoms with Crippen LogP contribution in [0.25, 0.3) is 0 Å². The summed E-state index contributed by atoms with van der Waals surface area (Å²) in [6.45, 7) is 2.75. The summed E-state index contributed by atoms with van der Waals surface area (Å²) in [6.07, 6.45) is 4.84. The zero-order valence-electron chi connectivity index (χ0n) is 24.4.